The molecule has 0 heterocycles. The summed E-state index contributed by atoms with van der Waals surface area (Å²) in [5.74, 6) is -0.932. The van der Waals surface area contributed by atoms with Crippen LogP contribution in [-0.4, -0.2) is 134 Å². The van der Waals surface area contributed by atoms with E-state index < -0.39 is 51.0 Å². The van der Waals surface area contributed by atoms with Gasteiger partial charge in [0.05, 0.1) is 0 Å². The van der Waals surface area contributed by atoms with Crippen LogP contribution in [0, 0.1) is 0 Å². The SMILES string of the molecule is CCCCCCCC(=O)Oc1cc(S(=O)(=O)O)c2ccc3c(S(=O)(=O)O)cc(S(=O)(=O)O)c4ccc1c2c43.[Na].[Na].[Na]. The molecule has 0 bridgehead atoms. The van der Waals surface area contributed by atoms with Gasteiger partial charge < -0.3 is 4.74 Å². The van der Waals surface area contributed by atoms with Gasteiger partial charge in [-0.05, 0) is 18.6 Å². The Morgan fingerprint density at radius 1 is 0.634 bits per heavy atom. The van der Waals surface area contributed by atoms with Crippen LogP contribution in [0.15, 0.2) is 51.1 Å². The summed E-state index contributed by atoms with van der Waals surface area (Å²) in [6, 6.07) is 6.42. The molecule has 11 nitrogen and oxygen atoms in total. The first kappa shape index (κ1) is 39.1. The van der Waals surface area contributed by atoms with Crippen LogP contribution >= 0.6 is 0 Å². The molecule has 0 fully saturated rings. The molecule has 0 atom stereocenters. The third-order valence-corrected chi connectivity index (χ3v) is 8.97. The minimum atomic E-state index is -5.02. The molecule has 0 amide bonds. The third kappa shape index (κ3) is 8.44. The maximum absolute atomic E-state index is 12.6. The Morgan fingerprint density at radius 2 is 1.02 bits per heavy atom. The van der Waals surface area contributed by atoms with Gasteiger partial charge in [0.2, 0.25) is 0 Å². The molecular weight excluding hydrogens is 629 g/mol. The van der Waals surface area contributed by atoms with E-state index in [1.807, 2.05) is 6.92 Å². The molecule has 4 aromatic carbocycles. The van der Waals surface area contributed by atoms with E-state index in [1.54, 1.807) is 0 Å². The molecule has 0 aliphatic rings. The van der Waals surface area contributed by atoms with Crippen molar-refractivity contribution in [2.75, 3.05) is 0 Å². The number of carbonyl (C=O) groups is 1. The zero-order chi connectivity index (χ0) is 28.0. The fourth-order valence-corrected chi connectivity index (χ4v) is 6.85. The van der Waals surface area contributed by atoms with Crippen LogP contribution in [0.5, 0.6) is 5.75 Å². The first-order chi connectivity index (χ1) is 17.6. The quantitative estimate of drug-likeness (QED) is 0.0568. The molecule has 41 heavy (non-hydrogen) atoms. The summed E-state index contributed by atoms with van der Waals surface area (Å²) in [7, 11) is -15.0. The van der Waals surface area contributed by atoms with Gasteiger partial charge in [-0.25, -0.2) is 0 Å². The topological polar surface area (TPSA) is 189 Å². The molecule has 17 heteroatoms. The maximum atomic E-state index is 12.6. The summed E-state index contributed by atoms with van der Waals surface area (Å²) in [5, 5.41) is -0.601. The zero-order valence-electron chi connectivity index (χ0n) is 23.0. The third-order valence-electron chi connectivity index (χ3n) is 6.29. The van der Waals surface area contributed by atoms with Crippen LogP contribution in [0.3, 0.4) is 0 Å². The average Bonchev–Trinajstić information content (AvgIpc) is 2.80. The molecule has 0 saturated carbocycles. The largest absolute Gasteiger partial charge is 0.426 e. The van der Waals surface area contributed by atoms with E-state index in [4.69, 9.17) is 4.74 Å². The van der Waals surface area contributed by atoms with E-state index in [2.05, 4.69) is 0 Å². The number of unbranched alkanes of at least 4 members (excludes halogenated alkanes) is 4. The number of benzene rings is 4. The second kappa shape index (κ2) is 14.9. The predicted molar refractivity (Wildman–Crippen MR) is 156 cm³/mol. The second-order valence-corrected chi connectivity index (χ2v) is 13.1. The Balaban J connectivity index is 0.00000280. The molecule has 207 valence electrons. The molecular formula is C24H24Na3O11S3. The van der Waals surface area contributed by atoms with Crippen molar-refractivity contribution in [3.8, 4) is 5.75 Å². The standard InChI is InChI=1S/C24H24O11S3.3Na/c1-2-3-4-5-6-7-22(25)35-18-12-19(36(26,27)28)15-10-11-17-21(38(32,33)34)13-20(37(29,30)31)16-9-8-14(18)23(15)24(16)17;;;/h8-13H,2-7H2,1H3,(H,26,27,28)(H,29,30,31)(H,32,33,34);;;. The van der Waals surface area contributed by atoms with Crippen molar-refractivity contribution in [1.29, 1.82) is 0 Å². The van der Waals surface area contributed by atoms with Crippen LogP contribution in [0.25, 0.3) is 32.3 Å². The van der Waals surface area contributed by atoms with Gasteiger partial charge in [-0.15, -0.1) is 0 Å². The Labute approximate surface area is 304 Å². The van der Waals surface area contributed by atoms with Crippen molar-refractivity contribution in [2.45, 2.75) is 60.1 Å². The zero-order valence-corrected chi connectivity index (χ0v) is 31.5. The van der Waals surface area contributed by atoms with Crippen molar-refractivity contribution >= 4 is 157 Å². The Morgan fingerprint density at radius 3 is 1.46 bits per heavy atom. The first-order valence-corrected chi connectivity index (χ1v) is 15.9. The molecule has 0 aromatic heterocycles. The van der Waals surface area contributed by atoms with E-state index in [0.717, 1.165) is 37.8 Å². The summed E-state index contributed by atoms with van der Waals surface area (Å²) >= 11 is 0. The fraction of sp³-hybridized carbons (Fsp3) is 0.292. The van der Waals surface area contributed by atoms with E-state index in [-0.39, 0.29) is 133 Å². The number of ether oxygens (including phenoxy) is 1. The van der Waals surface area contributed by atoms with Crippen molar-refractivity contribution in [2.24, 2.45) is 0 Å². The van der Waals surface area contributed by atoms with E-state index in [1.165, 1.54) is 18.2 Å². The Kier molecular flexibility index (Phi) is 14.3. The van der Waals surface area contributed by atoms with Crippen LogP contribution in [0.2, 0.25) is 0 Å². The number of hydrogen-bond acceptors (Lipinski definition) is 8. The molecule has 0 aliphatic heterocycles. The number of esters is 1. The minimum absolute atomic E-state index is 0. The van der Waals surface area contributed by atoms with Gasteiger partial charge in [0.1, 0.15) is 20.4 Å². The summed E-state index contributed by atoms with van der Waals surface area (Å²) in [6.07, 6.45) is 4.32. The van der Waals surface area contributed by atoms with Crippen molar-refractivity contribution < 1.29 is 48.4 Å². The van der Waals surface area contributed by atoms with Crippen LogP contribution in [-0.2, 0) is 35.1 Å². The average molecular weight is 654 g/mol. The summed E-state index contributed by atoms with van der Waals surface area (Å²) in [4.78, 5) is 10.2. The molecule has 0 saturated heterocycles. The molecule has 0 aliphatic carbocycles. The normalized spacial score (nSPS) is 12.1. The van der Waals surface area contributed by atoms with E-state index in [9.17, 15) is 43.7 Å². The first-order valence-electron chi connectivity index (χ1n) is 11.6. The van der Waals surface area contributed by atoms with Gasteiger partial charge in [0.25, 0.3) is 30.4 Å². The molecule has 4 rings (SSSR count). The Hall–Kier alpha value is 0.120. The molecule has 4 aromatic rings. The van der Waals surface area contributed by atoms with Crippen molar-refractivity contribution in [3.63, 3.8) is 0 Å². The molecule has 0 spiro atoms. The number of rotatable bonds is 10. The number of hydrogen-bond donors (Lipinski definition) is 3. The summed E-state index contributed by atoms with van der Waals surface area (Å²) in [6.45, 7) is 2.05. The van der Waals surface area contributed by atoms with Gasteiger partial charge >= 0.3 is 5.97 Å². The van der Waals surface area contributed by atoms with Gasteiger partial charge in [-0.2, -0.15) is 25.3 Å². The number of carbonyl (C=O) groups excluding carboxylic acids is 1. The van der Waals surface area contributed by atoms with Gasteiger partial charge in [-0.3, -0.25) is 18.5 Å². The van der Waals surface area contributed by atoms with Crippen molar-refractivity contribution in [3.05, 3.63) is 36.4 Å². The van der Waals surface area contributed by atoms with Crippen molar-refractivity contribution in [1.82, 2.24) is 0 Å². The minimum Gasteiger partial charge on any atom is -0.426 e. The summed E-state index contributed by atoms with van der Waals surface area (Å²) < 4.78 is 108. The van der Waals surface area contributed by atoms with E-state index >= 15 is 0 Å². The summed E-state index contributed by atoms with van der Waals surface area (Å²) in [5.41, 5.74) is 0. The Bertz CT molecular complexity index is 1860. The molecule has 0 unspecified atom stereocenters. The van der Waals surface area contributed by atoms with Crippen LogP contribution < -0.4 is 4.74 Å². The van der Waals surface area contributed by atoms with Gasteiger partial charge in [-0.1, -0.05) is 50.8 Å². The van der Waals surface area contributed by atoms with Crippen LogP contribution in [0.4, 0.5) is 0 Å². The maximum Gasteiger partial charge on any atom is 0.311 e. The molecule has 3 N–H and O–H groups in total. The molecule has 3 radical (unpaired) electrons. The fourth-order valence-electron chi connectivity index (χ4n) is 4.64. The van der Waals surface area contributed by atoms with Gasteiger partial charge in [0.15, 0.2) is 0 Å². The smallest absolute Gasteiger partial charge is 0.311 e. The predicted octanol–water partition coefficient (Wildman–Crippen LogP) is 3.45. The van der Waals surface area contributed by atoms with Crippen LogP contribution in [0.1, 0.15) is 45.4 Å². The second-order valence-electron chi connectivity index (χ2n) is 8.88. The van der Waals surface area contributed by atoms with E-state index in [0.29, 0.717) is 12.5 Å². The monoisotopic (exact) mass is 653 g/mol. The van der Waals surface area contributed by atoms with Gasteiger partial charge in [0, 0.05) is 133 Å².